The second-order valence-corrected chi connectivity index (χ2v) is 15.2. The molecule has 2 saturated heterocycles. The van der Waals surface area contributed by atoms with Gasteiger partial charge in [0.05, 0.1) is 41.6 Å². The number of carbonyl (C=O) groups excluding carboxylic acids is 2. The van der Waals surface area contributed by atoms with Gasteiger partial charge in [-0.2, -0.15) is 0 Å². The van der Waals surface area contributed by atoms with Crippen LogP contribution in [0.3, 0.4) is 0 Å². The molecule has 0 spiro atoms. The van der Waals surface area contributed by atoms with Gasteiger partial charge in [-0.1, -0.05) is 84.9 Å². The third kappa shape index (κ3) is 7.60. The summed E-state index contributed by atoms with van der Waals surface area (Å²) >= 11 is 0. The molecule has 2 aliphatic rings. The highest BCUT2D eigenvalue weighted by Gasteiger charge is 2.40. The topological polar surface area (TPSA) is 155 Å². The van der Waals surface area contributed by atoms with Gasteiger partial charge in [0.1, 0.15) is 23.7 Å². The number of aromatic amines is 2. The Morgan fingerprint density at radius 2 is 1.10 bits per heavy atom. The highest BCUT2D eigenvalue weighted by Crippen LogP contribution is 2.37. The number of H-pyrrole nitrogens is 2. The van der Waals surface area contributed by atoms with Gasteiger partial charge in [-0.25, -0.2) is 14.8 Å². The molecule has 13 nitrogen and oxygen atoms in total. The summed E-state index contributed by atoms with van der Waals surface area (Å²) in [5, 5.41) is 9.80. The van der Waals surface area contributed by atoms with E-state index >= 15 is 0 Å². The van der Waals surface area contributed by atoms with Crippen molar-refractivity contribution in [2.24, 2.45) is 0 Å². The maximum atomic E-state index is 14.0. The van der Waals surface area contributed by atoms with Crippen molar-refractivity contribution >= 4 is 17.9 Å². The van der Waals surface area contributed by atoms with Crippen molar-refractivity contribution in [1.82, 2.24) is 44.5 Å². The summed E-state index contributed by atoms with van der Waals surface area (Å²) in [6.07, 6.45) is 7.54. The van der Waals surface area contributed by atoms with Crippen LogP contribution in [0.1, 0.15) is 72.6 Å². The molecule has 8 rings (SSSR count). The number of pyridine rings is 1. The van der Waals surface area contributed by atoms with Crippen LogP contribution in [0, 0.1) is 0 Å². The van der Waals surface area contributed by atoms with Gasteiger partial charge in [-0.15, -0.1) is 0 Å². The number of imidazole rings is 2. The molecule has 3 aromatic heterocycles. The van der Waals surface area contributed by atoms with E-state index in [-0.39, 0.29) is 29.9 Å². The summed E-state index contributed by atoms with van der Waals surface area (Å²) in [7, 11) is 5.31. The molecule has 4 atom stereocenters. The van der Waals surface area contributed by atoms with Crippen LogP contribution in [-0.4, -0.2) is 102 Å². The highest BCUT2D eigenvalue weighted by molar-refractivity contribution is 5.87. The molecule has 6 aromatic rings. The predicted molar refractivity (Wildman–Crippen MR) is 220 cm³/mol. The molecule has 13 heteroatoms. The molecule has 2 fully saturated rings. The van der Waals surface area contributed by atoms with Crippen LogP contribution < -0.4 is 0 Å². The van der Waals surface area contributed by atoms with E-state index in [1.165, 1.54) is 7.05 Å². The van der Waals surface area contributed by atoms with Crippen molar-refractivity contribution in [3.63, 3.8) is 0 Å². The Balaban J connectivity index is 0.934. The minimum Gasteiger partial charge on any atom is -0.465 e. The van der Waals surface area contributed by atoms with E-state index in [0.717, 1.165) is 75.7 Å². The molecule has 3 aromatic carbocycles. The summed E-state index contributed by atoms with van der Waals surface area (Å²) in [6.45, 7) is 1.21. The van der Waals surface area contributed by atoms with E-state index in [1.54, 1.807) is 23.2 Å². The lowest BCUT2D eigenvalue weighted by Crippen LogP contribution is -2.43. The van der Waals surface area contributed by atoms with Crippen molar-refractivity contribution < 1.29 is 19.5 Å². The molecule has 296 valence electrons. The van der Waals surface area contributed by atoms with Gasteiger partial charge < -0.3 is 24.9 Å². The SMILES string of the molecule is CN(C)[C@H](C(=O)N1CCCC1c1ncc(-c2ccc(-c3ccc(-c4cnc([C@@H]5CCCN5C(=O)[C@@H](c5ccccc5)N(C)C(=O)O)[nH]4)cc3)nc2)[nH]1)c1ccccc1. The maximum Gasteiger partial charge on any atom is 0.407 e. The van der Waals surface area contributed by atoms with Gasteiger partial charge in [-0.3, -0.25) is 24.4 Å². The molecule has 5 heterocycles. The number of rotatable bonds is 11. The van der Waals surface area contributed by atoms with E-state index in [4.69, 9.17) is 9.97 Å². The van der Waals surface area contributed by atoms with Crippen LogP contribution in [-0.2, 0) is 9.59 Å². The molecule has 58 heavy (non-hydrogen) atoms. The lowest BCUT2D eigenvalue weighted by molar-refractivity contribution is -0.138. The van der Waals surface area contributed by atoms with Crippen molar-refractivity contribution in [2.75, 3.05) is 34.2 Å². The van der Waals surface area contributed by atoms with E-state index in [1.807, 2.05) is 121 Å². The zero-order chi connectivity index (χ0) is 40.3. The summed E-state index contributed by atoms with van der Waals surface area (Å²) in [5.41, 5.74) is 6.88. The van der Waals surface area contributed by atoms with E-state index < -0.39 is 12.1 Å². The van der Waals surface area contributed by atoms with Gasteiger partial charge in [0.15, 0.2) is 0 Å². The van der Waals surface area contributed by atoms with Crippen LogP contribution >= 0.6 is 0 Å². The molecule has 0 radical (unpaired) electrons. The molecular weight excluding hydrogens is 731 g/mol. The molecule has 1 unspecified atom stereocenters. The Morgan fingerprint density at radius 3 is 1.60 bits per heavy atom. The maximum absolute atomic E-state index is 14.0. The Hall–Kier alpha value is -6.60. The van der Waals surface area contributed by atoms with Crippen LogP contribution in [0.25, 0.3) is 33.8 Å². The quantitative estimate of drug-likeness (QED) is 0.122. The zero-order valence-corrected chi connectivity index (χ0v) is 32.8. The Labute approximate surface area is 337 Å². The van der Waals surface area contributed by atoms with Gasteiger partial charge >= 0.3 is 6.09 Å². The first kappa shape index (κ1) is 38.3. The highest BCUT2D eigenvalue weighted by atomic mass is 16.4. The number of likely N-dealkylation sites (tertiary alicyclic amines) is 2. The molecule has 3 amide bonds. The minimum atomic E-state index is -1.17. The minimum absolute atomic E-state index is 0.0778. The smallest absolute Gasteiger partial charge is 0.407 e. The first-order valence-corrected chi connectivity index (χ1v) is 19.7. The number of benzene rings is 3. The van der Waals surface area contributed by atoms with E-state index in [9.17, 15) is 19.5 Å². The van der Waals surface area contributed by atoms with Crippen LogP contribution in [0.5, 0.6) is 0 Å². The molecule has 0 aliphatic carbocycles. The lowest BCUT2D eigenvalue weighted by Gasteiger charge is -2.32. The number of likely N-dealkylation sites (N-methyl/N-ethyl adjacent to an activating group) is 2. The van der Waals surface area contributed by atoms with Gasteiger partial charge in [0.2, 0.25) is 5.91 Å². The second kappa shape index (κ2) is 16.5. The summed E-state index contributed by atoms with van der Waals surface area (Å²) in [5.74, 6) is 1.26. The van der Waals surface area contributed by atoms with Crippen LogP contribution in [0.15, 0.2) is 116 Å². The standard InChI is InChI=1S/C45H47N9O4/c1-51(2)39(31-12-6-4-7-13-31)43(55)53-24-10-16-37(53)42-48-28-36(50-42)33-22-23-34(46-26-33)29-18-20-30(21-19-29)35-27-47-41(49-35)38-17-11-25-54(38)44(56)40(52(3)45(57)58)32-14-8-5-9-15-32/h4-9,12-15,18-23,26-28,37-40H,10-11,16-17,24-25H2,1-3H3,(H,47,49)(H,48,50)(H,57,58)/t37?,38-,39-,40+/m0/s1. The Bertz CT molecular complexity index is 2360. The third-order valence-electron chi connectivity index (χ3n) is 11.4. The molecule has 0 bridgehead atoms. The van der Waals surface area contributed by atoms with Crippen molar-refractivity contribution in [1.29, 1.82) is 0 Å². The predicted octanol–water partition coefficient (Wildman–Crippen LogP) is 7.51. The first-order chi connectivity index (χ1) is 28.2. The molecule has 2 aliphatic heterocycles. The molecule has 0 saturated carbocycles. The van der Waals surface area contributed by atoms with Crippen molar-refractivity contribution in [2.45, 2.75) is 49.9 Å². The normalized spacial score (nSPS) is 17.7. The number of amides is 3. The van der Waals surface area contributed by atoms with Crippen molar-refractivity contribution in [3.05, 3.63) is 138 Å². The summed E-state index contributed by atoms with van der Waals surface area (Å²) in [4.78, 5) is 67.7. The number of carboxylic acid groups (broad SMARTS) is 1. The largest absolute Gasteiger partial charge is 0.465 e. The average molecular weight is 778 g/mol. The molecular formula is C45H47N9O4. The fourth-order valence-electron chi connectivity index (χ4n) is 8.37. The third-order valence-corrected chi connectivity index (χ3v) is 11.4. The summed E-state index contributed by atoms with van der Waals surface area (Å²) in [6, 6.07) is 29.3. The van der Waals surface area contributed by atoms with Gasteiger partial charge in [-0.05, 0) is 68.6 Å². The average Bonchev–Trinajstić information content (AvgIpc) is 4.09. The number of hydrogen-bond donors (Lipinski definition) is 3. The number of hydrogen-bond acceptors (Lipinski definition) is 7. The van der Waals surface area contributed by atoms with E-state index in [0.29, 0.717) is 24.5 Å². The van der Waals surface area contributed by atoms with E-state index in [2.05, 4.69) is 15.0 Å². The van der Waals surface area contributed by atoms with Gasteiger partial charge in [0, 0.05) is 37.5 Å². The Kier molecular flexibility index (Phi) is 10.9. The van der Waals surface area contributed by atoms with Crippen LogP contribution in [0.4, 0.5) is 4.79 Å². The van der Waals surface area contributed by atoms with Gasteiger partial charge in [0.25, 0.3) is 5.91 Å². The zero-order valence-electron chi connectivity index (χ0n) is 32.8. The van der Waals surface area contributed by atoms with Crippen molar-refractivity contribution in [3.8, 4) is 33.8 Å². The first-order valence-electron chi connectivity index (χ1n) is 19.7. The summed E-state index contributed by atoms with van der Waals surface area (Å²) < 4.78 is 0. The fraction of sp³-hybridized carbons (Fsp3) is 0.289. The number of nitrogens with one attached hydrogen (secondary N) is 2. The lowest BCUT2D eigenvalue weighted by atomic mass is 10.0. The number of carbonyl (C=O) groups is 3. The number of nitrogens with zero attached hydrogens (tertiary/aromatic N) is 7. The number of aromatic nitrogens is 5. The second-order valence-electron chi connectivity index (χ2n) is 15.2. The molecule has 3 N–H and O–H groups in total. The fourth-order valence-corrected chi connectivity index (χ4v) is 8.37. The Morgan fingerprint density at radius 1 is 0.621 bits per heavy atom. The van der Waals surface area contributed by atoms with Crippen LogP contribution in [0.2, 0.25) is 0 Å². The monoisotopic (exact) mass is 777 g/mol.